The summed E-state index contributed by atoms with van der Waals surface area (Å²) in [5.74, 6) is 1.71. The Bertz CT molecular complexity index is 730. The molecular weight excluding hydrogens is 459 g/mol. The molecule has 0 aliphatic carbocycles. The Labute approximate surface area is 177 Å². The van der Waals surface area contributed by atoms with E-state index in [0.29, 0.717) is 6.54 Å². The third kappa shape index (κ3) is 6.75. The lowest BCUT2D eigenvalue weighted by Crippen LogP contribution is -2.36. The number of aryl methyl sites for hydroxylation is 3. The van der Waals surface area contributed by atoms with E-state index >= 15 is 0 Å². The zero-order valence-corrected chi connectivity index (χ0v) is 19.3. The molecule has 1 heterocycles. The average Bonchev–Trinajstić information content (AvgIpc) is 2.91. The topological polar surface area (TPSA) is 58.5 Å². The maximum Gasteiger partial charge on any atom is 0.191 e. The lowest BCUT2D eigenvalue weighted by molar-refractivity contribution is 0.313. The van der Waals surface area contributed by atoms with Gasteiger partial charge in [-0.25, -0.2) is 4.98 Å². The van der Waals surface area contributed by atoms with Crippen LogP contribution in [0.1, 0.15) is 40.1 Å². The average molecular weight is 488 g/mol. The second-order valence-corrected chi connectivity index (χ2v) is 7.27. The van der Waals surface area contributed by atoms with Crippen LogP contribution in [-0.2, 0) is 13.1 Å². The molecule has 0 saturated carbocycles. The SMILES string of the molecule is CCCOc1cc(C)ccc1CNC(=NC)NCc1sc(C)nc1C.I. The normalized spacial score (nSPS) is 11.0. The van der Waals surface area contributed by atoms with Crippen molar-refractivity contribution in [3.63, 3.8) is 0 Å². The summed E-state index contributed by atoms with van der Waals surface area (Å²) >= 11 is 1.72. The fourth-order valence-electron chi connectivity index (χ4n) is 2.46. The van der Waals surface area contributed by atoms with Crippen LogP contribution in [0.5, 0.6) is 5.75 Å². The van der Waals surface area contributed by atoms with E-state index in [1.807, 2.05) is 13.8 Å². The first-order chi connectivity index (χ1) is 12.0. The number of nitrogens with zero attached hydrogens (tertiary/aromatic N) is 2. The molecule has 2 N–H and O–H groups in total. The first-order valence-electron chi connectivity index (χ1n) is 8.63. The van der Waals surface area contributed by atoms with Crippen LogP contribution in [0, 0.1) is 20.8 Å². The first-order valence-corrected chi connectivity index (χ1v) is 9.44. The lowest BCUT2D eigenvalue weighted by atomic mass is 10.1. The molecule has 0 atom stereocenters. The summed E-state index contributed by atoms with van der Waals surface area (Å²) in [7, 11) is 1.78. The number of ether oxygens (including phenoxy) is 1. The van der Waals surface area contributed by atoms with Crippen LogP contribution in [0.15, 0.2) is 23.2 Å². The molecule has 0 aliphatic rings. The quantitative estimate of drug-likeness (QED) is 0.346. The minimum absolute atomic E-state index is 0. The van der Waals surface area contributed by atoms with E-state index in [0.717, 1.165) is 47.5 Å². The summed E-state index contributed by atoms with van der Waals surface area (Å²) in [5.41, 5.74) is 3.42. The van der Waals surface area contributed by atoms with Crippen LogP contribution in [0.3, 0.4) is 0 Å². The van der Waals surface area contributed by atoms with Gasteiger partial charge < -0.3 is 15.4 Å². The summed E-state index contributed by atoms with van der Waals surface area (Å²) in [6.07, 6.45) is 0.998. The molecule has 1 aromatic carbocycles. The van der Waals surface area contributed by atoms with Crippen molar-refractivity contribution >= 4 is 41.3 Å². The molecule has 5 nitrogen and oxygen atoms in total. The van der Waals surface area contributed by atoms with Gasteiger partial charge in [-0.05, 0) is 38.8 Å². The van der Waals surface area contributed by atoms with E-state index < -0.39 is 0 Å². The van der Waals surface area contributed by atoms with Crippen molar-refractivity contribution in [3.8, 4) is 5.75 Å². The number of hydrogen-bond donors (Lipinski definition) is 2. The fraction of sp³-hybridized carbons (Fsp3) is 0.474. The second-order valence-electron chi connectivity index (χ2n) is 5.98. The highest BCUT2D eigenvalue weighted by Crippen LogP contribution is 2.20. The highest BCUT2D eigenvalue weighted by atomic mass is 127. The Morgan fingerprint density at radius 3 is 2.54 bits per heavy atom. The molecule has 0 spiro atoms. The molecule has 1 aromatic heterocycles. The van der Waals surface area contributed by atoms with Crippen LogP contribution < -0.4 is 15.4 Å². The molecule has 0 fully saturated rings. The van der Waals surface area contributed by atoms with Gasteiger partial charge in [0.15, 0.2) is 5.96 Å². The maximum atomic E-state index is 5.87. The minimum Gasteiger partial charge on any atom is -0.493 e. The van der Waals surface area contributed by atoms with Gasteiger partial charge in [-0.1, -0.05) is 19.1 Å². The van der Waals surface area contributed by atoms with Gasteiger partial charge in [0.05, 0.1) is 23.9 Å². The molecule has 144 valence electrons. The van der Waals surface area contributed by atoms with E-state index in [1.165, 1.54) is 10.4 Å². The van der Waals surface area contributed by atoms with Gasteiger partial charge in [-0.15, -0.1) is 35.3 Å². The summed E-state index contributed by atoms with van der Waals surface area (Å²) in [4.78, 5) is 10.00. The number of aromatic nitrogens is 1. The zero-order valence-electron chi connectivity index (χ0n) is 16.2. The van der Waals surface area contributed by atoms with Crippen molar-refractivity contribution < 1.29 is 4.74 Å². The van der Waals surface area contributed by atoms with Crippen molar-refractivity contribution in [2.24, 2.45) is 4.99 Å². The third-order valence-electron chi connectivity index (χ3n) is 3.77. The van der Waals surface area contributed by atoms with Gasteiger partial charge >= 0.3 is 0 Å². The van der Waals surface area contributed by atoms with E-state index in [1.54, 1.807) is 18.4 Å². The van der Waals surface area contributed by atoms with E-state index in [9.17, 15) is 0 Å². The Hall–Kier alpha value is -1.35. The van der Waals surface area contributed by atoms with Gasteiger partial charge in [0.1, 0.15) is 5.75 Å². The molecule has 0 amide bonds. The third-order valence-corrected chi connectivity index (χ3v) is 4.84. The van der Waals surface area contributed by atoms with Crippen molar-refractivity contribution in [2.75, 3.05) is 13.7 Å². The lowest BCUT2D eigenvalue weighted by Gasteiger charge is -2.15. The molecule has 2 rings (SSSR count). The van der Waals surface area contributed by atoms with Crippen LogP contribution in [0.2, 0.25) is 0 Å². The van der Waals surface area contributed by atoms with Crippen LogP contribution in [-0.4, -0.2) is 24.6 Å². The number of nitrogens with one attached hydrogen (secondary N) is 2. The van der Waals surface area contributed by atoms with E-state index in [-0.39, 0.29) is 24.0 Å². The van der Waals surface area contributed by atoms with Crippen molar-refractivity contribution in [3.05, 3.63) is 44.9 Å². The monoisotopic (exact) mass is 488 g/mol. The molecule has 7 heteroatoms. The molecule has 26 heavy (non-hydrogen) atoms. The highest BCUT2D eigenvalue weighted by molar-refractivity contribution is 14.0. The Morgan fingerprint density at radius 2 is 1.92 bits per heavy atom. The van der Waals surface area contributed by atoms with Crippen molar-refractivity contribution in [2.45, 2.75) is 47.2 Å². The van der Waals surface area contributed by atoms with Crippen LogP contribution >= 0.6 is 35.3 Å². The largest absolute Gasteiger partial charge is 0.493 e. The van der Waals surface area contributed by atoms with Gasteiger partial charge in [0.2, 0.25) is 0 Å². The van der Waals surface area contributed by atoms with Gasteiger partial charge in [-0.3, -0.25) is 4.99 Å². The zero-order chi connectivity index (χ0) is 18.2. The number of thiazole rings is 1. The Balaban J connectivity index is 0.00000338. The van der Waals surface area contributed by atoms with Gasteiger partial charge in [0, 0.05) is 24.0 Å². The molecular formula is C19H29IN4OS. The number of rotatable bonds is 7. The second kappa shape index (κ2) is 11.4. The molecule has 0 aliphatic heterocycles. The highest BCUT2D eigenvalue weighted by Gasteiger charge is 2.08. The molecule has 0 bridgehead atoms. The van der Waals surface area contributed by atoms with E-state index in [4.69, 9.17) is 4.74 Å². The van der Waals surface area contributed by atoms with Crippen molar-refractivity contribution in [1.29, 1.82) is 0 Å². The first kappa shape index (κ1) is 22.7. The predicted octanol–water partition coefficient (Wildman–Crippen LogP) is 4.34. The summed E-state index contributed by atoms with van der Waals surface area (Å²) < 4.78 is 5.87. The van der Waals surface area contributed by atoms with Gasteiger partial charge in [0.25, 0.3) is 0 Å². The summed E-state index contributed by atoms with van der Waals surface area (Å²) in [5, 5.41) is 7.81. The molecule has 0 saturated heterocycles. The van der Waals surface area contributed by atoms with Gasteiger partial charge in [-0.2, -0.15) is 0 Å². The number of hydrogen-bond acceptors (Lipinski definition) is 4. The predicted molar refractivity (Wildman–Crippen MR) is 121 cm³/mol. The summed E-state index contributed by atoms with van der Waals surface area (Å²) in [6.45, 7) is 10.4. The summed E-state index contributed by atoms with van der Waals surface area (Å²) in [6, 6.07) is 6.30. The maximum absolute atomic E-state index is 5.87. The Morgan fingerprint density at radius 1 is 1.19 bits per heavy atom. The van der Waals surface area contributed by atoms with E-state index in [2.05, 4.69) is 52.7 Å². The standard InChI is InChI=1S/C19H28N4OS.HI/c1-6-9-24-17-10-13(2)7-8-16(17)11-21-19(20-5)22-12-18-14(3)23-15(4)25-18;/h7-8,10H,6,9,11-12H2,1-5H3,(H2,20,21,22);1H. The molecule has 0 radical (unpaired) electrons. The Kier molecular flexibility index (Phi) is 9.93. The van der Waals surface area contributed by atoms with Crippen molar-refractivity contribution in [1.82, 2.24) is 15.6 Å². The molecule has 0 unspecified atom stereocenters. The number of guanidine groups is 1. The van der Waals surface area contributed by atoms with Crippen LogP contribution in [0.25, 0.3) is 0 Å². The number of halogens is 1. The van der Waals surface area contributed by atoms with Crippen LogP contribution in [0.4, 0.5) is 0 Å². The number of benzene rings is 1. The fourth-order valence-corrected chi connectivity index (χ4v) is 3.33. The number of aliphatic imine (C=N–C) groups is 1. The minimum atomic E-state index is 0. The molecule has 2 aromatic rings. The smallest absolute Gasteiger partial charge is 0.191 e.